The van der Waals surface area contributed by atoms with Crippen LogP contribution >= 0.6 is 12.6 Å². The van der Waals surface area contributed by atoms with Crippen LogP contribution < -0.4 is 0 Å². The van der Waals surface area contributed by atoms with E-state index in [2.05, 4.69) is 31.4 Å². The quantitative estimate of drug-likeness (QED) is 0.614. The minimum atomic E-state index is 0.595. The molecule has 0 N–H and O–H groups in total. The largest absolute Gasteiger partial charge is 0.383 e. The predicted molar refractivity (Wildman–Crippen MR) is 52.4 cm³/mol. The summed E-state index contributed by atoms with van der Waals surface area (Å²) in [4.78, 5) is 2.36. The molecular weight excluding hydrogens is 158 g/mol. The van der Waals surface area contributed by atoms with E-state index in [4.69, 9.17) is 4.74 Å². The van der Waals surface area contributed by atoms with Crippen molar-refractivity contribution in [3.63, 3.8) is 0 Å². The second-order valence-electron chi connectivity index (χ2n) is 2.85. The molecule has 0 aromatic heterocycles. The number of thiol groups is 1. The number of ether oxygens (including phenoxy) is 1. The van der Waals surface area contributed by atoms with E-state index < -0.39 is 0 Å². The van der Waals surface area contributed by atoms with Crippen molar-refractivity contribution in [1.82, 2.24) is 4.90 Å². The van der Waals surface area contributed by atoms with Gasteiger partial charge < -0.3 is 4.74 Å². The van der Waals surface area contributed by atoms with Crippen LogP contribution in [0.3, 0.4) is 0 Å². The van der Waals surface area contributed by atoms with Crippen molar-refractivity contribution in [2.45, 2.75) is 19.9 Å². The average Bonchev–Trinajstić information content (AvgIpc) is 1.97. The molecule has 2 nitrogen and oxygen atoms in total. The van der Waals surface area contributed by atoms with Gasteiger partial charge in [-0.25, -0.2) is 0 Å². The molecule has 0 saturated carbocycles. The molecule has 0 fully saturated rings. The minimum absolute atomic E-state index is 0.595. The van der Waals surface area contributed by atoms with Gasteiger partial charge in [0.2, 0.25) is 0 Å². The summed E-state index contributed by atoms with van der Waals surface area (Å²) in [6.45, 7) is 7.25. The lowest BCUT2D eigenvalue weighted by molar-refractivity contribution is 0.134. The fraction of sp³-hybridized carbons (Fsp3) is 1.00. The van der Waals surface area contributed by atoms with Gasteiger partial charge >= 0.3 is 0 Å². The SMILES string of the molecule is COCCN(CCS)C(C)C. The third-order valence-electron chi connectivity index (χ3n) is 1.70. The van der Waals surface area contributed by atoms with E-state index in [9.17, 15) is 0 Å². The van der Waals surface area contributed by atoms with Crippen LogP contribution in [0.5, 0.6) is 0 Å². The Morgan fingerprint density at radius 1 is 1.36 bits per heavy atom. The molecule has 11 heavy (non-hydrogen) atoms. The Bertz CT molecular complexity index is 88.2. The maximum absolute atomic E-state index is 5.00. The molecule has 0 spiro atoms. The van der Waals surface area contributed by atoms with E-state index in [1.165, 1.54) is 0 Å². The van der Waals surface area contributed by atoms with Gasteiger partial charge in [-0.05, 0) is 13.8 Å². The topological polar surface area (TPSA) is 12.5 Å². The second-order valence-corrected chi connectivity index (χ2v) is 3.29. The molecule has 0 heterocycles. The van der Waals surface area contributed by atoms with Gasteiger partial charge in [0.05, 0.1) is 6.61 Å². The van der Waals surface area contributed by atoms with Crippen molar-refractivity contribution in [3.05, 3.63) is 0 Å². The number of nitrogens with zero attached hydrogens (tertiary/aromatic N) is 1. The summed E-state index contributed by atoms with van der Waals surface area (Å²) in [5.41, 5.74) is 0. The highest BCUT2D eigenvalue weighted by atomic mass is 32.1. The summed E-state index contributed by atoms with van der Waals surface area (Å²) >= 11 is 4.19. The summed E-state index contributed by atoms with van der Waals surface area (Å²) in [6.07, 6.45) is 0. The molecule has 0 saturated heterocycles. The summed E-state index contributed by atoms with van der Waals surface area (Å²) in [5, 5.41) is 0. The minimum Gasteiger partial charge on any atom is -0.383 e. The standard InChI is InChI=1S/C8H19NOS/c1-8(2)9(5-7-11)4-6-10-3/h8,11H,4-7H2,1-3H3. The van der Waals surface area contributed by atoms with E-state index in [-0.39, 0.29) is 0 Å². The number of methoxy groups -OCH3 is 1. The Labute approximate surface area is 75.3 Å². The van der Waals surface area contributed by atoms with Gasteiger partial charge in [-0.3, -0.25) is 4.90 Å². The van der Waals surface area contributed by atoms with Crippen molar-refractivity contribution in [3.8, 4) is 0 Å². The Hall–Kier alpha value is 0.270. The number of hydrogen-bond acceptors (Lipinski definition) is 3. The summed E-state index contributed by atoms with van der Waals surface area (Å²) < 4.78 is 5.00. The monoisotopic (exact) mass is 177 g/mol. The third-order valence-corrected chi connectivity index (χ3v) is 1.90. The van der Waals surface area contributed by atoms with Crippen molar-refractivity contribution >= 4 is 12.6 Å². The molecule has 68 valence electrons. The first kappa shape index (κ1) is 11.3. The molecule has 0 amide bonds. The summed E-state index contributed by atoms with van der Waals surface area (Å²) in [5.74, 6) is 0.919. The smallest absolute Gasteiger partial charge is 0.0589 e. The zero-order valence-corrected chi connectivity index (χ0v) is 8.60. The number of rotatable bonds is 6. The Balaban J connectivity index is 3.51. The Morgan fingerprint density at radius 2 is 2.00 bits per heavy atom. The van der Waals surface area contributed by atoms with Crippen molar-refractivity contribution < 1.29 is 4.74 Å². The first-order valence-corrected chi connectivity index (χ1v) is 4.69. The fourth-order valence-electron chi connectivity index (χ4n) is 0.965. The second kappa shape index (κ2) is 6.95. The van der Waals surface area contributed by atoms with Crippen LogP contribution in [0.15, 0.2) is 0 Å². The van der Waals surface area contributed by atoms with Crippen LogP contribution in [0.1, 0.15) is 13.8 Å². The van der Waals surface area contributed by atoms with E-state index in [0.29, 0.717) is 6.04 Å². The van der Waals surface area contributed by atoms with Crippen LogP contribution in [-0.4, -0.2) is 43.5 Å². The van der Waals surface area contributed by atoms with Gasteiger partial charge in [-0.2, -0.15) is 12.6 Å². The summed E-state index contributed by atoms with van der Waals surface area (Å²) in [6, 6.07) is 0.595. The molecule has 0 radical (unpaired) electrons. The first-order valence-electron chi connectivity index (χ1n) is 4.06. The highest BCUT2D eigenvalue weighted by molar-refractivity contribution is 7.80. The zero-order valence-electron chi connectivity index (χ0n) is 7.71. The molecule has 3 heteroatoms. The first-order chi connectivity index (χ1) is 5.22. The molecule has 0 aromatic carbocycles. The Kier molecular flexibility index (Phi) is 7.12. The number of hydrogen-bond donors (Lipinski definition) is 1. The van der Waals surface area contributed by atoms with Gasteiger partial charge in [0.25, 0.3) is 0 Å². The average molecular weight is 177 g/mol. The maximum atomic E-state index is 5.00. The van der Waals surface area contributed by atoms with Crippen LogP contribution in [0.25, 0.3) is 0 Å². The lowest BCUT2D eigenvalue weighted by atomic mass is 10.3. The molecule has 0 atom stereocenters. The van der Waals surface area contributed by atoms with Crippen LogP contribution in [0.2, 0.25) is 0 Å². The lowest BCUT2D eigenvalue weighted by Crippen LogP contribution is -2.35. The molecule has 0 rings (SSSR count). The Morgan fingerprint density at radius 3 is 2.36 bits per heavy atom. The van der Waals surface area contributed by atoms with Crippen molar-refractivity contribution in [2.75, 3.05) is 32.6 Å². The van der Waals surface area contributed by atoms with Crippen molar-refractivity contribution in [1.29, 1.82) is 0 Å². The zero-order chi connectivity index (χ0) is 8.69. The molecule has 0 bridgehead atoms. The highest BCUT2D eigenvalue weighted by Gasteiger charge is 2.06. The van der Waals surface area contributed by atoms with Gasteiger partial charge in [0.15, 0.2) is 0 Å². The molecule has 0 aliphatic rings. The third kappa shape index (κ3) is 5.53. The maximum Gasteiger partial charge on any atom is 0.0589 e. The molecular formula is C8H19NOS. The predicted octanol–water partition coefficient (Wildman–Crippen LogP) is 1.27. The molecule has 0 aliphatic heterocycles. The summed E-state index contributed by atoms with van der Waals surface area (Å²) in [7, 11) is 1.74. The van der Waals surface area contributed by atoms with Gasteiger partial charge in [-0.1, -0.05) is 0 Å². The van der Waals surface area contributed by atoms with Gasteiger partial charge in [-0.15, -0.1) is 0 Å². The van der Waals surface area contributed by atoms with Crippen LogP contribution in [0, 0.1) is 0 Å². The van der Waals surface area contributed by atoms with Gasteiger partial charge in [0.1, 0.15) is 0 Å². The van der Waals surface area contributed by atoms with Gasteiger partial charge in [0, 0.05) is 32.0 Å². The van der Waals surface area contributed by atoms with Crippen LogP contribution in [-0.2, 0) is 4.74 Å². The van der Waals surface area contributed by atoms with Crippen molar-refractivity contribution in [2.24, 2.45) is 0 Å². The molecule has 0 aromatic rings. The fourth-order valence-corrected chi connectivity index (χ4v) is 1.22. The van der Waals surface area contributed by atoms with E-state index >= 15 is 0 Å². The highest BCUT2D eigenvalue weighted by Crippen LogP contribution is 1.97. The van der Waals surface area contributed by atoms with E-state index in [0.717, 1.165) is 25.4 Å². The molecule has 0 aliphatic carbocycles. The molecule has 0 unspecified atom stereocenters. The van der Waals surface area contributed by atoms with Crippen LogP contribution in [0.4, 0.5) is 0 Å². The lowest BCUT2D eigenvalue weighted by Gasteiger charge is -2.24. The van der Waals surface area contributed by atoms with E-state index in [1.807, 2.05) is 0 Å². The normalized spacial score (nSPS) is 11.5. The van der Waals surface area contributed by atoms with E-state index in [1.54, 1.807) is 7.11 Å².